The number of hydrogen-bond donors (Lipinski definition) is 3. The monoisotopic (exact) mass is 145 g/mol. The van der Waals surface area contributed by atoms with Gasteiger partial charge in [0.05, 0.1) is 0 Å². The largest absolute Gasteiger partial charge is 0.477 e. The number of allylic oxidation sites excluding steroid dienone is 1. The van der Waals surface area contributed by atoms with Crippen molar-refractivity contribution in [2.24, 2.45) is 0 Å². The molecule has 0 fully saturated rings. The molecule has 0 bridgehead atoms. The zero-order valence-corrected chi connectivity index (χ0v) is 5.29. The van der Waals surface area contributed by atoms with E-state index in [0.29, 0.717) is 0 Å². The van der Waals surface area contributed by atoms with Gasteiger partial charge >= 0.3 is 12.1 Å². The van der Waals surface area contributed by atoms with E-state index in [1.165, 1.54) is 6.92 Å². The van der Waals surface area contributed by atoms with E-state index in [9.17, 15) is 9.59 Å². The van der Waals surface area contributed by atoms with Crippen LogP contribution in [0.25, 0.3) is 0 Å². The molecule has 0 heterocycles. The van der Waals surface area contributed by atoms with Crippen molar-refractivity contribution in [3.63, 3.8) is 0 Å². The molecular weight excluding hydrogens is 138 g/mol. The fourth-order valence-corrected chi connectivity index (χ4v) is 0.364. The number of nitrogens with one attached hydrogen (secondary N) is 1. The molecule has 0 spiro atoms. The molecule has 0 unspecified atom stereocenters. The van der Waals surface area contributed by atoms with Gasteiger partial charge in [-0.1, -0.05) is 6.08 Å². The highest BCUT2D eigenvalue weighted by molar-refractivity contribution is 5.90. The van der Waals surface area contributed by atoms with Crippen molar-refractivity contribution >= 4 is 12.1 Å². The molecule has 1 amide bonds. The van der Waals surface area contributed by atoms with Gasteiger partial charge in [0, 0.05) is 0 Å². The molecule has 56 valence electrons. The van der Waals surface area contributed by atoms with E-state index in [1.54, 1.807) is 5.32 Å². The van der Waals surface area contributed by atoms with Crippen LogP contribution in [0.2, 0.25) is 0 Å². The Balaban J connectivity index is 4.12. The summed E-state index contributed by atoms with van der Waals surface area (Å²) in [4.78, 5) is 19.9. The lowest BCUT2D eigenvalue weighted by Gasteiger charge is -1.97. The number of carbonyl (C=O) groups is 2. The maximum absolute atomic E-state index is 10.1. The number of carboxylic acid groups (broad SMARTS) is 2. The molecule has 0 aromatic rings. The van der Waals surface area contributed by atoms with Gasteiger partial charge in [-0.3, -0.25) is 5.32 Å². The Morgan fingerprint density at radius 2 is 1.90 bits per heavy atom. The topological polar surface area (TPSA) is 86.6 Å². The average Bonchev–Trinajstić information content (AvgIpc) is 1.81. The molecule has 5 heteroatoms. The van der Waals surface area contributed by atoms with Gasteiger partial charge in [-0.15, -0.1) is 0 Å². The number of carboxylic acids is 1. The van der Waals surface area contributed by atoms with Crippen LogP contribution in [0.5, 0.6) is 0 Å². The van der Waals surface area contributed by atoms with E-state index in [1.807, 2.05) is 0 Å². The maximum Gasteiger partial charge on any atom is 0.409 e. The minimum Gasteiger partial charge on any atom is -0.477 e. The van der Waals surface area contributed by atoms with Gasteiger partial charge in [-0.25, -0.2) is 9.59 Å². The first-order valence-electron chi connectivity index (χ1n) is 2.47. The van der Waals surface area contributed by atoms with Gasteiger partial charge in [0.15, 0.2) is 0 Å². The second kappa shape index (κ2) is 3.49. The highest BCUT2D eigenvalue weighted by Gasteiger charge is 2.07. The van der Waals surface area contributed by atoms with Crippen LogP contribution >= 0.6 is 0 Å². The number of rotatable bonds is 2. The third kappa shape index (κ3) is 2.71. The van der Waals surface area contributed by atoms with E-state index in [-0.39, 0.29) is 5.70 Å². The Morgan fingerprint density at radius 1 is 1.40 bits per heavy atom. The van der Waals surface area contributed by atoms with Crippen LogP contribution in [0.15, 0.2) is 11.8 Å². The molecule has 0 aromatic carbocycles. The van der Waals surface area contributed by atoms with Crippen LogP contribution in [0.1, 0.15) is 6.92 Å². The molecule has 0 aliphatic rings. The molecule has 0 rings (SSSR count). The fraction of sp³-hybridized carbons (Fsp3) is 0.200. The van der Waals surface area contributed by atoms with Gasteiger partial charge in [-0.05, 0) is 6.92 Å². The Bertz CT molecular complexity index is 184. The first-order chi connectivity index (χ1) is 4.57. The second-order valence-electron chi connectivity index (χ2n) is 1.44. The van der Waals surface area contributed by atoms with Crippen LogP contribution < -0.4 is 5.32 Å². The van der Waals surface area contributed by atoms with Gasteiger partial charge in [0.2, 0.25) is 0 Å². The normalized spacial score (nSPS) is 10.7. The molecule has 3 N–H and O–H groups in total. The highest BCUT2D eigenvalue weighted by Crippen LogP contribution is 1.86. The van der Waals surface area contributed by atoms with Crippen molar-refractivity contribution in [1.29, 1.82) is 0 Å². The summed E-state index contributed by atoms with van der Waals surface area (Å²) in [5.41, 5.74) is -0.340. The lowest BCUT2D eigenvalue weighted by Crippen LogP contribution is -2.25. The van der Waals surface area contributed by atoms with Crippen molar-refractivity contribution < 1.29 is 19.8 Å². The van der Waals surface area contributed by atoms with E-state index in [0.717, 1.165) is 6.08 Å². The summed E-state index contributed by atoms with van der Waals surface area (Å²) in [7, 11) is 0. The Labute approximate surface area is 57.0 Å². The zero-order valence-electron chi connectivity index (χ0n) is 5.29. The minimum atomic E-state index is -1.38. The average molecular weight is 145 g/mol. The van der Waals surface area contributed by atoms with Gasteiger partial charge in [0.25, 0.3) is 0 Å². The van der Waals surface area contributed by atoms with Crippen molar-refractivity contribution in [3.05, 3.63) is 11.8 Å². The van der Waals surface area contributed by atoms with E-state index >= 15 is 0 Å². The van der Waals surface area contributed by atoms with E-state index < -0.39 is 12.1 Å². The zero-order chi connectivity index (χ0) is 8.15. The van der Waals surface area contributed by atoms with Gasteiger partial charge in [-0.2, -0.15) is 0 Å². The first kappa shape index (κ1) is 8.48. The standard InChI is InChI=1S/C5H7NO4/c1-2-3(4(7)8)6-5(9)10/h2,6H,1H3,(H,7,8)(H,9,10)/b3-2+. The highest BCUT2D eigenvalue weighted by atomic mass is 16.4. The number of hydrogen-bond acceptors (Lipinski definition) is 2. The SMILES string of the molecule is C/C=C(/NC(=O)O)C(=O)O. The van der Waals surface area contributed by atoms with Crippen molar-refractivity contribution in [2.45, 2.75) is 6.92 Å². The van der Waals surface area contributed by atoms with Gasteiger partial charge in [0.1, 0.15) is 5.70 Å². The summed E-state index contributed by atoms with van der Waals surface area (Å²) >= 11 is 0. The van der Waals surface area contributed by atoms with Crippen LogP contribution in [0, 0.1) is 0 Å². The summed E-state index contributed by atoms with van der Waals surface area (Å²) in [5.74, 6) is -1.29. The number of aliphatic carboxylic acids is 1. The molecule has 0 radical (unpaired) electrons. The summed E-state index contributed by atoms with van der Waals surface area (Å²) in [6, 6.07) is 0. The Kier molecular flexibility index (Phi) is 2.96. The van der Waals surface area contributed by atoms with Crippen LogP contribution in [0.3, 0.4) is 0 Å². The quantitative estimate of drug-likeness (QED) is 0.486. The van der Waals surface area contributed by atoms with Crippen molar-refractivity contribution in [1.82, 2.24) is 5.32 Å². The van der Waals surface area contributed by atoms with Crippen molar-refractivity contribution in [2.75, 3.05) is 0 Å². The molecule has 5 nitrogen and oxygen atoms in total. The lowest BCUT2D eigenvalue weighted by atomic mass is 10.4. The smallest absolute Gasteiger partial charge is 0.409 e. The van der Waals surface area contributed by atoms with Crippen LogP contribution in [0.4, 0.5) is 4.79 Å². The fourth-order valence-electron chi connectivity index (χ4n) is 0.364. The molecular formula is C5H7NO4. The van der Waals surface area contributed by atoms with Crippen LogP contribution in [-0.2, 0) is 4.79 Å². The predicted octanol–water partition coefficient (Wildman–Crippen LogP) is 0.242. The molecule has 0 aliphatic carbocycles. The van der Waals surface area contributed by atoms with Crippen molar-refractivity contribution in [3.8, 4) is 0 Å². The minimum absolute atomic E-state index is 0.340. The van der Waals surface area contributed by atoms with E-state index in [2.05, 4.69) is 0 Å². The number of amides is 1. The first-order valence-corrected chi connectivity index (χ1v) is 2.47. The molecule has 0 aliphatic heterocycles. The third-order valence-electron chi connectivity index (χ3n) is 0.761. The molecule has 0 saturated heterocycles. The summed E-state index contributed by atoms with van der Waals surface area (Å²) in [6.45, 7) is 1.43. The van der Waals surface area contributed by atoms with E-state index in [4.69, 9.17) is 10.2 Å². The van der Waals surface area contributed by atoms with Crippen LogP contribution in [-0.4, -0.2) is 22.3 Å². The molecule has 0 atom stereocenters. The van der Waals surface area contributed by atoms with Gasteiger partial charge < -0.3 is 10.2 Å². The summed E-state index contributed by atoms with van der Waals surface area (Å²) in [6.07, 6.45) is -0.216. The molecule has 0 aromatic heterocycles. The lowest BCUT2D eigenvalue weighted by molar-refractivity contribution is -0.133. The maximum atomic E-state index is 10.1. The summed E-state index contributed by atoms with van der Waals surface area (Å²) < 4.78 is 0. The second-order valence-corrected chi connectivity index (χ2v) is 1.44. The molecule has 0 saturated carbocycles. The Morgan fingerprint density at radius 3 is 2.00 bits per heavy atom. The molecule has 10 heavy (non-hydrogen) atoms. The summed E-state index contributed by atoms with van der Waals surface area (Å²) in [5, 5.41) is 18.0. The predicted molar refractivity (Wildman–Crippen MR) is 32.6 cm³/mol. The third-order valence-corrected chi connectivity index (χ3v) is 0.761. The Hall–Kier alpha value is -1.52.